The van der Waals surface area contributed by atoms with Gasteiger partial charge in [-0.1, -0.05) is 135 Å². The maximum absolute atomic E-state index is 14.9. The monoisotopic (exact) mass is 1490 g/mol. The molecule has 0 spiro atoms. The number of rotatable bonds is 17. The van der Waals surface area contributed by atoms with Crippen LogP contribution in [0.5, 0.6) is 11.6 Å². The van der Waals surface area contributed by atoms with Gasteiger partial charge < -0.3 is 24.6 Å². The summed E-state index contributed by atoms with van der Waals surface area (Å²) in [6, 6.07) is 38.0. The number of para-hydroxylation sites is 1. The molecule has 20 nitrogen and oxygen atoms in total. The lowest BCUT2D eigenvalue weighted by molar-refractivity contribution is -0.142. The molecule has 106 heavy (non-hydrogen) atoms. The maximum atomic E-state index is 14.9. The van der Waals surface area contributed by atoms with Crippen molar-refractivity contribution in [2.45, 2.75) is 203 Å². The molecule has 3 N–H and O–H groups in total. The Labute approximate surface area is 625 Å². The van der Waals surface area contributed by atoms with Crippen LogP contribution in [0.2, 0.25) is 0 Å². The van der Waals surface area contributed by atoms with E-state index in [4.69, 9.17) is 19.4 Å². The smallest absolute Gasteiger partial charge is 0.240 e. The van der Waals surface area contributed by atoms with Crippen LogP contribution in [-0.4, -0.2) is 131 Å². The number of anilines is 1. The third-order valence-corrected chi connectivity index (χ3v) is 27.0. The fourth-order valence-corrected chi connectivity index (χ4v) is 19.8. The average molecular weight is 1490 g/mol. The van der Waals surface area contributed by atoms with E-state index < -0.39 is 77.5 Å². The highest BCUT2D eigenvalue weighted by molar-refractivity contribution is 7.91. The highest BCUT2D eigenvalue weighted by Gasteiger charge is 2.63. The number of fused-ring (bicyclic) bond motifs is 6. The van der Waals surface area contributed by atoms with Gasteiger partial charge in [0.25, 0.3) is 0 Å². The van der Waals surface area contributed by atoms with Gasteiger partial charge in [0, 0.05) is 71.8 Å². The van der Waals surface area contributed by atoms with Gasteiger partial charge in [0.15, 0.2) is 16.7 Å². The summed E-state index contributed by atoms with van der Waals surface area (Å²) in [5, 5.41) is 6.81. The third-order valence-electron chi connectivity index (χ3n) is 22.6. The molecule has 23 heteroatoms. The molecule has 4 aliphatic carbocycles. The van der Waals surface area contributed by atoms with Crippen LogP contribution in [0.3, 0.4) is 0 Å². The second-order valence-electron chi connectivity index (χ2n) is 31.1. The molecule has 4 aromatic carbocycles. The van der Waals surface area contributed by atoms with E-state index >= 15 is 0 Å². The fraction of sp³-hybridized carbons (Fsp3) is 0.482. The van der Waals surface area contributed by atoms with Gasteiger partial charge in [0.1, 0.15) is 23.7 Å². The molecule has 0 unspecified atom stereocenters. The van der Waals surface area contributed by atoms with E-state index in [1.54, 1.807) is 15.9 Å². The van der Waals surface area contributed by atoms with E-state index in [2.05, 4.69) is 45.7 Å². The highest BCUT2D eigenvalue weighted by Crippen LogP contribution is 2.59. The van der Waals surface area contributed by atoms with Crippen molar-refractivity contribution in [1.29, 1.82) is 0 Å². The summed E-state index contributed by atoms with van der Waals surface area (Å²) in [6.45, 7) is 6.57. The Bertz CT molecular complexity index is 4740. The summed E-state index contributed by atoms with van der Waals surface area (Å²) >= 11 is 1.51. The Morgan fingerprint density at radius 1 is 0.575 bits per heavy atom. The number of sulfonamides is 2. The Morgan fingerprint density at radius 3 is 1.64 bits per heavy atom. The Hall–Kier alpha value is -8.67. The summed E-state index contributed by atoms with van der Waals surface area (Å²) in [4.78, 5) is 104. The molecule has 3 aromatic heterocycles. The van der Waals surface area contributed by atoms with Gasteiger partial charge in [-0.05, 0) is 163 Å². The first-order valence-electron chi connectivity index (χ1n) is 38.1. The number of carbonyl (C=O) groups is 6. The minimum Gasteiger partial charge on any atom is -0.488 e. The van der Waals surface area contributed by atoms with Crippen molar-refractivity contribution in [2.75, 3.05) is 18.4 Å². The number of hydrogen-bond acceptors (Lipinski definition) is 17. The van der Waals surface area contributed by atoms with Gasteiger partial charge in [-0.2, -0.15) is 0 Å². The number of nitrogens with one attached hydrogen (secondary N) is 3. The number of nitrogens with zero attached hydrogens (tertiary/aromatic N) is 5. The summed E-state index contributed by atoms with van der Waals surface area (Å²) in [6.07, 6.45) is 20.0. The quantitative estimate of drug-likeness (QED) is 0.0715. The van der Waals surface area contributed by atoms with E-state index in [0.717, 1.165) is 101 Å². The number of hydrogen-bond donors (Lipinski definition) is 3. The molecule has 10 atom stereocenters. The van der Waals surface area contributed by atoms with Crippen molar-refractivity contribution in [3.8, 4) is 23.0 Å². The van der Waals surface area contributed by atoms with Gasteiger partial charge in [-0.15, -0.1) is 11.3 Å². The van der Waals surface area contributed by atoms with Crippen molar-refractivity contribution >= 4 is 93.5 Å². The normalized spacial score (nSPS) is 27.3. The number of aryl methyl sites for hydroxylation is 1. The second-order valence-corrected chi connectivity index (χ2v) is 35.9. The minimum absolute atomic E-state index is 0.0788. The van der Waals surface area contributed by atoms with Crippen LogP contribution in [-0.2, 0) is 61.7 Å². The Kier molecular flexibility index (Phi) is 22.1. The van der Waals surface area contributed by atoms with Crippen molar-refractivity contribution < 1.29 is 55.1 Å². The zero-order valence-corrected chi connectivity index (χ0v) is 63.1. The molecule has 8 aliphatic rings. The number of allylic oxidation sites excluding steroid dienone is 4. The number of carbonyl (C=O) groups excluding carboxylic acids is 6. The average Bonchev–Trinajstić information content (AvgIpc) is 1.58. The molecule has 558 valence electrons. The first-order valence-corrected chi connectivity index (χ1v) is 42.1. The van der Waals surface area contributed by atoms with Crippen molar-refractivity contribution in [3.05, 3.63) is 168 Å². The molecule has 4 aliphatic heterocycles. The van der Waals surface area contributed by atoms with Crippen LogP contribution in [0.4, 0.5) is 5.13 Å². The number of ether oxygens (including phenoxy) is 2. The number of pyridine rings is 2. The van der Waals surface area contributed by atoms with E-state index in [1.807, 2.05) is 140 Å². The topological polar surface area (TPSA) is 270 Å². The van der Waals surface area contributed by atoms with Gasteiger partial charge in [0.05, 0.1) is 63.2 Å². The number of ketones is 2. The fourth-order valence-electron chi connectivity index (χ4n) is 16.1. The van der Waals surface area contributed by atoms with Crippen molar-refractivity contribution in [3.63, 3.8) is 0 Å². The number of benzene rings is 4. The SMILES string of the molecule is Cc1ccc2c(O[C@@H]3C[C@H]4C(=O)C[C@]5(C(=O)NS(=O)(=O)C6CC6)C[C@H]5/C=C\CCCCC[C@H](Cc5ccccc5)C(=O)N4C3)cc(-c3csc(NC(C)C)n3)nc2c1.O=C1C[C@]2(C(=O)NS(=O)(=O)C3CC3)C[C@H]2/C=C\CCCCC[C@H](Cc2ccccc2)C(=O)N2C[C@H](Oc3ccc4ccccc4n3)C[C@@H]12. The van der Waals surface area contributed by atoms with Gasteiger partial charge >= 0.3 is 0 Å². The van der Waals surface area contributed by atoms with Crippen LogP contribution in [0, 0.1) is 41.4 Å². The number of aromatic nitrogens is 3. The largest absolute Gasteiger partial charge is 0.488 e. The first-order chi connectivity index (χ1) is 51.1. The predicted octanol–water partition coefficient (Wildman–Crippen LogP) is 13.3. The summed E-state index contributed by atoms with van der Waals surface area (Å²) in [5.41, 5.74) is 3.77. The van der Waals surface area contributed by atoms with Crippen molar-refractivity contribution in [1.82, 2.24) is 34.2 Å². The summed E-state index contributed by atoms with van der Waals surface area (Å²) < 4.78 is 69.4. The molecule has 7 aromatic rings. The van der Waals surface area contributed by atoms with Gasteiger partial charge in [0.2, 0.25) is 49.6 Å². The Morgan fingerprint density at radius 2 is 1.10 bits per heavy atom. The predicted molar refractivity (Wildman–Crippen MR) is 409 cm³/mol. The van der Waals surface area contributed by atoms with E-state index in [0.29, 0.717) is 81.5 Å². The molecular formula is C83H96N8O12S3. The standard InChI is InChI=1S/C45H53N5O6S2.C38H43N3O6S/c1-28(2)46-44-48-38(27-57-44)37-23-41(35-19-16-29(3)20-36(35)47-37)56-33-22-39-40(51)25-45(43(53)49-58(54,55)34-17-18-34)24-32(45)15-11-6-4-5-10-14-31(42(52)50(39)26-33)21-30-12-8-7-9-13-30;42-34-24-38(37(44)40-48(45,46)31-18-19-31)23-29(38)15-8-3-1-2-7-14-28(21-26-11-5-4-6-12-26)36(43)41-25-30(22-33(34)41)47-35-20-17-27-13-9-10-16-32(27)39-35/h7-9,11-13,15-16,19-20,23,27-28,31-34,39H,4-6,10,14,17-18,21-22,24-26H2,1-3H3,(H,46,48)(H,49,53);4-6,8-13,15-17,20,28-31,33H,1-3,7,14,18-19,21-25H2,(H,40,44)/b15-11-;15-8-/t31-,32-,33-,39+,45-;28-,29-,30-,33+,38-/m11/s1. The number of Topliss-reactive ketones (excluding diaryl/α,β-unsaturated/α-hetero) is 2. The lowest BCUT2D eigenvalue weighted by Crippen LogP contribution is -2.46. The minimum atomic E-state index is -3.82. The molecule has 0 radical (unpaired) electrons. The van der Waals surface area contributed by atoms with E-state index in [-0.39, 0.29) is 91.9 Å². The molecule has 0 bridgehead atoms. The number of thiazole rings is 1. The summed E-state index contributed by atoms with van der Waals surface area (Å²) in [7, 11) is -7.60. The first kappa shape index (κ1) is 74.2. The van der Waals surface area contributed by atoms with E-state index in [9.17, 15) is 45.6 Å². The lowest BCUT2D eigenvalue weighted by atomic mass is 9.90. The number of amides is 4. The molecule has 15 rings (SSSR count). The zero-order chi connectivity index (χ0) is 73.9. The third kappa shape index (κ3) is 17.3. The van der Waals surface area contributed by atoms with Crippen LogP contribution in [0.1, 0.15) is 159 Å². The maximum Gasteiger partial charge on any atom is 0.240 e. The Balaban J connectivity index is 0.000000181. The van der Waals surface area contributed by atoms with Crippen LogP contribution < -0.4 is 24.2 Å². The van der Waals surface area contributed by atoms with E-state index in [1.165, 1.54) is 11.3 Å². The van der Waals surface area contributed by atoms with Gasteiger partial charge in [-0.3, -0.25) is 38.2 Å². The molecular weight excluding hydrogens is 1400 g/mol. The summed E-state index contributed by atoms with van der Waals surface area (Å²) in [5.74, 6) is -1.99. The lowest BCUT2D eigenvalue weighted by Gasteiger charge is -2.29. The highest BCUT2D eigenvalue weighted by atomic mass is 32.2. The van der Waals surface area contributed by atoms with Crippen LogP contribution in [0.25, 0.3) is 33.2 Å². The molecule has 4 saturated carbocycles. The van der Waals surface area contributed by atoms with Gasteiger partial charge in [-0.25, -0.2) is 31.8 Å². The molecule has 2 saturated heterocycles. The van der Waals surface area contributed by atoms with Crippen LogP contribution >= 0.6 is 11.3 Å². The molecule has 7 heterocycles. The molecule has 6 fully saturated rings. The molecule has 4 amide bonds. The second kappa shape index (κ2) is 31.6. The van der Waals surface area contributed by atoms with Crippen LogP contribution in [0.15, 0.2) is 151 Å². The zero-order valence-electron chi connectivity index (χ0n) is 60.6. The van der Waals surface area contributed by atoms with Crippen molar-refractivity contribution in [2.24, 2.45) is 34.5 Å².